The zero-order valence-electron chi connectivity index (χ0n) is 11.2. The first-order valence-corrected chi connectivity index (χ1v) is 7.11. The van der Waals surface area contributed by atoms with Crippen LogP contribution in [0.1, 0.15) is 17.3 Å². The molecule has 1 heterocycles. The quantitative estimate of drug-likeness (QED) is 0.685. The third-order valence-electron chi connectivity index (χ3n) is 3.01. The lowest BCUT2D eigenvalue weighted by molar-refractivity contribution is 0.101. The van der Waals surface area contributed by atoms with E-state index in [1.54, 1.807) is 18.2 Å². The molecule has 104 valence electrons. The van der Waals surface area contributed by atoms with Gasteiger partial charge in [-0.15, -0.1) is 15.0 Å². The van der Waals surface area contributed by atoms with E-state index in [1.807, 2.05) is 30.3 Å². The monoisotopic (exact) mass is 342 g/mol. The average Bonchev–Trinajstić information content (AvgIpc) is 2.97. The Morgan fingerprint density at radius 1 is 1.14 bits per heavy atom. The molecule has 21 heavy (non-hydrogen) atoms. The Bertz CT molecular complexity index is 798. The second-order valence-electron chi connectivity index (χ2n) is 4.49. The van der Waals surface area contributed by atoms with Crippen LogP contribution in [0.25, 0.3) is 17.1 Å². The number of hydrogen-bond donors (Lipinski definition) is 0. The Morgan fingerprint density at radius 3 is 2.57 bits per heavy atom. The van der Waals surface area contributed by atoms with Crippen molar-refractivity contribution in [1.29, 1.82) is 0 Å². The summed E-state index contributed by atoms with van der Waals surface area (Å²) < 4.78 is 0.714. The van der Waals surface area contributed by atoms with Gasteiger partial charge in [0, 0.05) is 15.6 Å². The molecule has 3 aromatic rings. The molecule has 0 saturated carbocycles. The van der Waals surface area contributed by atoms with E-state index in [-0.39, 0.29) is 5.78 Å². The summed E-state index contributed by atoms with van der Waals surface area (Å²) in [7, 11) is 0. The number of aromatic nitrogens is 4. The molecule has 0 unspecified atom stereocenters. The number of carbonyl (C=O) groups excluding carboxylic acids is 1. The number of halogens is 1. The van der Waals surface area contributed by atoms with Crippen LogP contribution < -0.4 is 0 Å². The second kappa shape index (κ2) is 5.57. The van der Waals surface area contributed by atoms with E-state index >= 15 is 0 Å². The highest BCUT2D eigenvalue weighted by Gasteiger charge is 2.10. The van der Waals surface area contributed by atoms with Crippen molar-refractivity contribution < 1.29 is 4.79 Å². The highest BCUT2D eigenvalue weighted by molar-refractivity contribution is 9.10. The third kappa shape index (κ3) is 2.75. The lowest BCUT2D eigenvalue weighted by atomic mass is 10.1. The molecule has 0 N–H and O–H groups in total. The molecule has 0 bridgehead atoms. The molecule has 0 amide bonds. The number of hydrogen-bond acceptors (Lipinski definition) is 4. The minimum Gasteiger partial charge on any atom is -0.294 e. The van der Waals surface area contributed by atoms with Gasteiger partial charge in [-0.25, -0.2) is 0 Å². The predicted octanol–water partition coefficient (Wildman–Crippen LogP) is 3.29. The van der Waals surface area contributed by atoms with Gasteiger partial charge in [0.05, 0.1) is 5.69 Å². The van der Waals surface area contributed by atoms with E-state index in [0.29, 0.717) is 15.9 Å². The number of carbonyl (C=O) groups is 1. The van der Waals surface area contributed by atoms with Gasteiger partial charge in [-0.1, -0.05) is 30.3 Å². The molecule has 0 radical (unpaired) electrons. The maximum absolute atomic E-state index is 11.4. The zero-order valence-corrected chi connectivity index (χ0v) is 12.8. The summed E-state index contributed by atoms with van der Waals surface area (Å²) in [5.41, 5.74) is 2.27. The van der Waals surface area contributed by atoms with Crippen molar-refractivity contribution in [3.63, 3.8) is 0 Å². The minimum absolute atomic E-state index is 0.00458. The fourth-order valence-electron chi connectivity index (χ4n) is 1.94. The van der Waals surface area contributed by atoms with Crippen LogP contribution in [0.15, 0.2) is 53.0 Å². The smallest absolute Gasteiger partial charge is 0.205 e. The van der Waals surface area contributed by atoms with E-state index in [9.17, 15) is 4.79 Å². The Hall–Kier alpha value is -2.34. The van der Waals surface area contributed by atoms with Crippen molar-refractivity contribution in [3.8, 4) is 17.1 Å². The summed E-state index contributed by atoms with van der Waals surface area (Å²) >= 11 is 3.39. The molecule has 0 spiro atoms. The average molecular weight is 343 g/mol. The lowest BCUT2D eigenvalue weighted by Gasteiger charge is -2.03. The van der Waals surface area contributed by atoms with Gasteiger partial charge in [-0.2, -0.15) is 0 Å². The standard InChI is InChI=1S/C15H11BrN4O/c1-10(21)13-8-7-12(9-14(13)16)20-18-15(17-19-20)11-5-3-2-4-6-11/h2-9H,1H3. The van der Waals surface area contributed by atoms with Crippen LogP contribution in [0.4, 0.5) is 0 Å². The Labute approximate surface area is 129 Å². The predicted molar refractivity (Wildman–Crippen MR) is 82.3 cm³/mol. The van der Waals surface area contributed by atoms with Gasteiger partial charge in [0.15, 0.2) is 5.78 Å². The van der Waals surface area contributed by atoms with E-state index < -0.39 is 0 Å². The molecule has 0 fully saturated rings. The topological polar surface area (TPSA) is 60.7 Å². The summed E-state index contributed by atoms with van der Waals surface area (Å²) in [6.45, 7) is 1.53. The fraction of sp³-hybridized carbons (Fsp3) is 0.0667. The number of tetrazole rings is 1. The van der Waals surface area contributed by atoms with Crippen LogP contribution in [0.3, 0.4) is 0 Å². The second-order valence-corrected chi connectivity index (χ2v) is 5.34. The number of rotatable bonds is 3. The Balaban J connectivity index is 1.97. The summed E-state index contributed by atoms with van der Waals surface area (Å²) in [6, 6.07) is 15.0. The molecule has 0 atom stereocenters. The largest absolute Gasteiger partial charge is 0.294 e. The van der Waals surface area contributed by atoms with Crippen LogP contribution in [-0.2, 0) is 0 Å². The van der Waals surface area contributed by atoms with Gasteiger partial charge in [0.1, 0.15) is 0 Å². The minimum atomic E-state index is 0.00458. The van der Waals surface area contributed by atoms with Crippen molar-refractivity contribution in [1.82, 2.24) is 20.2 Å². The van der Waals surface area contributed by atoms with E-state index in [4.69, 9.17) is 0 Å². The normalized spacial score (nSPS) is 10.6. The van der Waals surface area contributed by atoms with Crippen molar-refractivity contribution in [3.05, 3.63) is 58.6 Å². The first-order chi connectivity index (χ1) is 10.1. The van der Waals surface area contributed by atoms with E-state index in [1.165, 1.54) is 11.7 Å². The Kier molecular flexibility index (Phi) is 3.62. The van der Waals surface area contributed by atoms with Gasteiger partial charge in [-0.05, 0) is 46.3 Å². The molecule has 1 aromatic heterocycles. The molecular weight excluding hydrogens is 332 g/mol. The van der Waals surface area contributed by atoms with E-state index in [0.717, 1.165) is 11.3 Å². The molecule has 5 nitrogen and oxygen atoms in total. The van der Waals surface area contributed by atoms with Crippen molar-refractivity contribution >= 4 is 21.7 Å². The number of nitrogens with zero attached hydrogens (tertiary/aromatic N) is 4. The Morgan fingerprint density at radius 2 is 1.90 bits per heavy atom. The summed E-state index contributed by atoms with van der Waals surface area (Å²) in [5.74, 6) is 0.562. The van der Waals surface area contributed by atoms with Crippen LogP contribution in [0.5, 0.6) is 0 Å². The summed E-state index contributed by atoms with van der Waals surface area (Å²) in [4.78, 5) is 12.9. The van der Waals surface area contributed by atoms with Gasteiger partial charge >= 0.3 is 0 Å². The lowest BCUT2D eigenvalue weighted by Crippen LogP contribution is -2.01. The van der Waals surface area contributed by atoms with Gasteiger partial charge in [0.2, 0.25) is 5.82 Å². The molecule has 6 heteroatoms. The summed E-state index contributed by atoms with van der Waals surface area (Å²) in [6.07, 6.45) is 0. The number of Topliss-reactive ketones (excluding diaryl/α,β-unsaturated/α-hetero) is 1. The molecule has 3 rings (SSSR count). The van der Waals surface area contributed by atoms with E-state index in [2.05, 4.69) is 31.3 Å². The van der Waals surface area contributed by atoms with Crippen LogP contribution in [0, 0.1) is 0 Å². The molecule has 0 saturated heterocycles. The number of ketones is 1. The zero-order chi connectivity index (χ0) is 14.8. The SMILES string of the molecule is CC(=O)c1ccc(-n2nnc(-c3ccccc3)n2)cc1Br. The number of benzene rings is 2. The van der Waals surface area contributed by atoms with Crippen molar-refractivity contribution in [2.75, 3.05) is 0 Å². The van der Waals surface area contributed by atoms with Crippen molar-refractivity contribution in [2.45, 2.75) is 6.92 Å². The van der Waals surface area contributed by atoms with Gasteiger partial charge in [-0.3, -0.25) is 4.79 Å². The van der Waals surface area contributed by atoms with Crippen LogP contribution in [0.2, 0.25) is 0 Å². The van der Waals surface area contributed by atoms with Gasteiger partial charge < -0.3 is 0 Å². The van der Waals surface area contributed by atoms with Crippen LogP contribution in [-0.4, -0.2) is 26.0 Å². The highest BCUT2D eigenvalue weighted by Crippen LogP contribution is 2.21. The first-order valence-electron chi connectivity index (χ1n) is 6.31. The molecule has 0 aliphatic rings. The molecule has 2 aromatic carbocycles. The maximum atomic E-state index is 11.4. The highest BCUT2D eigenvalue weighted by atomic mass is 79.9. The fourth-order valence-corrected chi connectivity index (χ4v) is 2.59. The molecule has 0 aliphatic heterocycles. The first kappa shape index (κ1) is 13.6. The van der Waals surface area contributed by atoms with Crippen molar-refractivity contribution in [2.24, 2.45) is 0 Å². The third-order valence-corrected chi connectivity index (χ3v) is 3.66. The molecular formula is C15H11BrN4O. The van der Waals surface area contributed by atoms with Crippen LogP contribution >= 0.6 is 15.9 Å². The maximum Gasteiger partial charge on any atom is 0.205 e. The van der Waals surface area contributed by atoms with Gasteiger partial charge in [0.25, 0.3) is 0 Å². The summed E-state index contributed by atoms with van der Waals surface area (Å²) in [5, 5.41) is 12.5. The molecule has 0 aliphatic carbocycles.